The fraction of sp³-hybridized carbons (Fsp3) is 1.00. The fourth-order valence-electron chi connectivity index (χ4n) is 2.09. The van der Waals surface area contributed by atoms with Crippen molar-refractivity contribution in [2.24, 2.45) is 0 Å². The molecule has 2 rings (SSSR count). The summed E-state index contributed by atoms with van der Waals surface area (Å²) in [6.07, 6.45) is 2.17. The van der Waals surface area contributed by atoms with Crippen LogP contribution in [0.3, 0.4) is 0 Å². The number of nitrogens with one attached hydrogen (secondary N) is 1. The second-order valence-corrected chi connectivity index (χ2v) is 4.18. The number of rotatable bonds is 2. The van der Waals surface area contributed by atoms with Crippen molar-refractivity contribution in [2.75, 3.05) is 20.1 Å². The number of nitrogens with zero attached hydrogens (tertiary/aromatic N) is 1. The highest BCUT2D eigenvalue weighted by Crippen LogP contribution is 2.24. The SMILES string of the molecule is CN1CC[C@H](N[C@H]2C[C@@H](F)C2)C1. The van der Waals surface area contributed by atoms with Gasteiger partial charge in [-0.25, -0.2) is 4.39 Å². The molecule has 1 atom stereocenters. The van der Waals surface area contributed by atoms with Gasteiger partial charge in [0.2, 0.25) is 0 Å². The highest BCUT2D eigenvalue weighted by molar-refractivity contribution is 4.90. The van der Waals surface area contributed by atoms with Crippen LogP contribution in [-0.2, 0) is 0 Å². The first-order chi connectivity index (χ1) is 5.74. The summed E-state index contributed by atoms with van der Waals surface area (Å²) < 4.78 is 12.5. The Labute approximate surface area is 73.1 Å². The Hall–Kier alpha value is -0.150. The fourth-order valence-corrected chi connectivity index (χ4v) is 2.09. The van der Waals surface area contributed by atoms with Gasteiger partial charge in [0.1, 0.15) is 6.17 Å². The Morgan fingerprint density at radius 2 is 2.08 bits per heavy atom. The Balaban J connectivity index is 1.67. The van der Waals surface area contributed by atoms with E-state index in [0.717, 1.165) is 19.4 Å². The molecule has 3 heteroatoms. The Morgan fingerprint density at radius 1 is 1.33 bits per heavy atom. The van der Waals surface area contributed by atoms with Crippen LogP contribution in [0.4, 0.5) is 4.39 Å². The molecule has 0 aromatic carbocycles. The number of likely N-dealkylation sites (tertiary alicyclic amines) is 1. The molecule has 70 valence electrons. The second-order valence-electron chi connectivity index (χ2n) is 4.18. The molecule has 0 bridgehead atoms. The van der Waals surface area contributed by atoms with E-state index in [4.69, 9.17) is 0 Å². The van der Waals surface area contributed by atoms with Crippen LogP contribution in [0.1, 0.15) is 19.3 Å². The molecule has 0 aromatic rings. The van der Waals surface area contributed by atoms with Gasteiger partial charge in [-0.3, -0.25) is 0 Å². The maximum Gasteiger partial charge on any atom is 0.103 e. The van der Waals surface area contributed by atoms with E-state index in [1.807, 2.05) is 0 Å². The molecule has 1 aliphatic heterocycles. The topological polar surface area (TPSA) is 15.3 Å². The van der Waals surface area contributed by atoms with Crippen LogP contribution >= 0.6 is 0 Å². The van der Waals surface area contributed by atoms with Crippen molar-refractivity contribution in [3.05, 3.63) is 0 Å². The maximum atomic E-state index is 12.5. The largest absolute Gasteiger partial charge is 0.310 e. The first kappa shape index (κ1) is 8.45. The first-order valence-electron chi connectivity index (χ1n) is 4.82. The third-order valence-corrected chi connectivity index (χ3v) is 2.94. The average molecular weight is 172 g/mol. The summed E-state index contributed by atoms with van der Waals surface area (Å²) in [5.74, 6) is 0. The van der Waals surface area contributed by atoms with E-state index in [9.17, 15) is 4.39 Å². The van der Waals surface area contributed by atoms with Gasteiger partial charge in [-0.15, -0.1) is 0 Å². The monoisotopic (exact) mass is 172 g/mol. The van der Waals surface area contributed by atoms with Crippen LogP contribution in [0.15, 0.2) is 0 Å². The highest BCUT2D eigenvalue weighted by Gasteiger charge is 2.31. The summed E-state index contributed by atoms with van der Waals surface area (Å²) in [5, 5.41) is 3.49. The number of hydrogen-bond donors (Lipinski definition) is 1. The van der Waals surface area contributed by atoms with Crippen molar-refractivity contribution in [1.82, 2.24) is 10.2 Å². The Morgan fingerprint density at radius 3 is 2.58 bits per heavy atom. The number of halogens is 1. The lowest BCUT2D eigenvalue weighted by Crippen LogP contribution is -2.47. The van der Waals surface area contributed by atoms with Crippen molar-refractivity contribution in [1.29, 1.82) is 0 Å². The predicted octanol–water partition coefficient (Wildman–Crippen LogP) is 0.781. The minimum absolute atomic E-state index is 0.469. The minimum Gasteiger partial charge on any atom is -0.310 e. The molecule has 0 unspecified atom stereocenters. The Kier molecular flexibility index (Phi) is 2.33. The van der Waals surface area contributed by atoms with Crippen LogP contribution in [0, 0.1) is 0 Å². The van der Waals surface area contributed by atoms with Gasteiger partial charge in [0.15, 0.2) is 0 Å². The molecule has 2 nitrogen and oxygen atoms in total. The summed E-state index contributed by atoms with van der Waals surface area (Å²) in [6.45, 7) is 2.32. The lowest BCUT2D eigenvalue weighted by atomic mass is 9.90. The molecule has 0 spiro atoms. The molecule has 0 aromatic heterocycles. The zero-order valence-corrected chi connectivity index (χ0v) is 7.59. The summed E-state index contributed by atoms with van der Waals surface area (Å²) in [4.78, 5) is 2.32. The quantitative estimate of drug-likeness (QED) is 0.662. The lowest BCUT2D eigenvalue weighted by molar-refractivity contribution is 0.146. The van der Waals surface area contributed by atoms with Gasteiger partial charge in [0.25, 0.3) is 0 Å². The van der Waals surface area contributed by atoms with E-state index in [1.54, 1.807) is 0 Å². The molecule has 2 fully saturated rings. The van der Waals surface area contributed by atoms with Gasteiger partial charge < -0.3 is 10.2 Å². The van der Waals surface area contributed by atoms with Gasteiger partial charge in [-0.1, -0.05) is 0 Å². The van der Waals surface area contributed by atoms with Crippen molar-refractivity contribution in [2.45, 2.75) is 37.5 Å². The predicted molar refractivity (Wildman–Crippen MR) is 47.0 cm³/mol. The van der Waals surface area contributed by atoms with E-state index in [2.05, 4.69) is 17.3 Å². The van der Waals surface area contributed by atoms with Gasteiger partial charge in [-0.05, 0) is 32.9 Å². The van der Waals surface area contributed by atoms with Crippen molar-refractivity contribution in [3.63, 3.8) is 0 Å². The van der Waals surface area contributed by atoms with Gasteiger partial charge in [0.05, 0.1) is 0 Å². The van der Waals surface area contributed by atoms with Gasteiger partial charge in [0, 0.05) is 18.6 Å². The summed E-state index contributed by atoms with van der Waals surface area (Å²) in [5.41, 5.74) is 0. The zero-order chi connectivity index (χ0) is 8.55. The summed E-state index contributed by atoms with van der Waals surface area (Å²) in [7, 11) is 2.14. The number of hydrogen-bond acceptors (Lipinski definition) is 2. The van der Waals surface area contributed by atoms with Crippen molar-refractivity contribution < 1.29 is 4.39 Å². The summed E-state index contributed by atoms with van der Waals surface area (Å²) >= 11 is 0. The third-order valence-electron chi connectivity index (χ3n) is 2.94. The molecular formula is C9H17FN2. The average Bonchev–Trinajstić information content (AvgIpc) is 2.33. The molecule has 1 heterocycles. The van der Waals surface area contributed by atoms with Crippen molar-refractivity contribution >= 4 is 0 Å². The standard InChI is InChI=1S/C9H17FN2/c1-12-3-2-8(6-12)11-9-4-7(10)5-9/h7-9,11H,2-6H2,1H3/t7-,8-,9+/m0/s1. The van der Waals surface area contributed by atoms with Crippen LogP contribution in [0.2, 0.25) is 0 Å². The smallest absolute Gasteiger partial charge is 0.103 e. The molecule has 0 amide bonds. The molecule has 0 radical (unpaired) electrons. The van der Waals surface area contributed by atoms with E-state index in [-0.39, 0.29) is 0 Å². The van der Waals surface area contributed by atoms with Gasteiger partial charge >= 0.3 is 0 Å². The molecule has 1 saturated carbocycles. The number of alkyl halides is 1. The molecular weight excluding hydrogens is 155 g/mol. The molecule has 1 N–H and O–H groups in total. The van der Waals surface area contributed by atoms with Gasteiger partial charge in [-0.2, -0.15) is 0 Å². The minimum atomic E-state index is -0.526. The summed E-state index contributed by atoms with van der Waals surface area (Å²) in [6, 6.07) is 1.09. The first-order valence-corrected chi connectivity index (χ1v) is 4.82. The van der Waals surface area contributed by atoms with E-state index in [1.165, 1.54) is 13.0 Å². The lowest BCUT2D eigenvalue weighted by Gasteiger charge is -2.32. The number of likely N-dealkylation sites (N-methyl/N-ethyl adjacent to an activating group) is 1. The van der Waals surface area contributed by atoms with Crippen molar-refractivity contribution in [3.8, 4) is 0 Å². The van der Waals surface area contributed by atoms with Crippen LogP contribution < -0.4 is 5.32 Å². The molecule has 2 aliphatic rings. The zero-order valence-electron chi connectivity index (χ0n) is 7.59. The normalized spacial score (nSPS) is 43.0. The second kappa shape index (κ2) is 3.30. The third kappa shape index (κ3) is 1.77. The van der Waals surface area contributed by atoms with Crippen LogP contribution in [0.5, 0.6) is 0 Å². The molecule has 12 heavy (non-hydrogen) atoms. The Bertz CT molecular complexity index is 157. The molecule has 1 aliphatic carbocycles. The van der Waals surface area contributed by atoms with E-state index in [0.29, 0.717) is 12.1 Å². The van der Waals surface area contributed by atoms with Crippen LogP contribution in [0.25, 0.3) is 0 Å². The maximum absolute atomic E-state index is 12.5. The van der Waals surface area contributed by atoms with Crippen LogP contribution in [-0.4, -0.2) is 43.3 Å². The molecule has 1 saturated heterocycles. The van der Waals surface area contributed by atoms with E-state index >= 15 is 0 Å². The van der Waals surface area contributed by atoms with E-state index < -0.39 is 6.17 Å². The highest BCUT2D eigenvalue weighted by atomic mass is 19.1.